The minimum atomic E-state index is -0.127. The minimum absolute atomic E-state index is 0.0829. The normalized spacial score (nSPS) is 18.4. The average Bonchev–Trinajstić information content (AvgIpc) is 2.85. The zero-order valence-electron chi connectivity index (χ0n) is 11.7. The Morgan fingerprint density at radius 2 is 2.15 bits per heavy atom. The number of hydrogen-bond acceptors (Lipinski definition) is 3. The van der Waals surface area contributed by atoms with E-state index < -0.39 is 0 Å². The van der Waals surface area contributed by atoms with Crippen LogP contribution in [-0.4, -0.2) is 38.1 Å². The van der Waals surface area contributed by atoms with Crippen LogP contribution in [0.1, 0.15) is 13.3 Å². The first-order valence-corrected chi connectivity index (χ1v) is 6.90. The second-order valence-corrected chi connectivity index (χ2v) is 4.85. The second kappa shape index (κ2) is 7.05. The van der Waals surface area contributed by atoms with Gasteiger partial charge in [-0.3, -0.25) is 9.59 Å². The molecule has 2 amide bonds. The summed E-state index contributed by atoms with van der Waals surface area (Å²) in [5.41, 5.74) is 0.917. The first-order chi connectivity index (χ1) is 9.70. The van der Waals surface area contributed by atoms with E-state index in [1.807, 2.05) is 37.3 Å². The summed E-state index contributed by atoms with van der Waals surface area (Å²) in [7, 11) is 0. The summed E-state index contributed by atoms with van der Waals surface area (Å²) in [5.74, 6) is 0.144. The van der Waals surface area contributed by atoms with Crippen molar-refractivity contribution in [2.24, 2.45) is 5.92 Å². The van der Waals surface area contributed by atoms with E-state index in [2.05, 4.69) is 5.32 Å². The summed E-state index contributed by atoms with van der Waals surface area (Å²) < 4.78 is 5.03. The molecule has 0 aliphatic carbocycles. The molecule has 1 aromatic rings. The zero-order valence-corrected chi connectivity index (χ0v) is 11.7. The third-order valence-electron chi connectivity index (χ3n) is 3.30. The predicted molar refractivity (Wildman–Crippen MR) is 76.4 cm³/mol. The van der Waals surface area contributed by atoms with Crippen LogP contribution in [0.4, 0.5) is 5.69 Å². The Morgan fingerprint density at radius 1 is 1.40 bits per heavy atom. The second-order valence-electron chi connectivity index (χ2n) is 4.85. The monoisotopic (exact) mass is 276 g/mol. The molecular weight excluding hydrogens is 256 g/mol. The number of ether oxygens (including phenoxy) is 1. The first kappa shape index (κ1) is 14.5. The SMILES string of the molecule is CCOCC(=O)NC[C@@H]1CC(=O)N(c2ccccc2)C1. The number of nitrogens with zero attached hydrogens (tertiary/aromatic N) is 1. The molecule has 0 aromatic heterocycles. The molecule has 0 radical (unpaired) electrons. The van der Waals surface area contributed by atoms with Gasteiger partial charge < -0.3 is 15.0 Å². The van der Waals surface area contributed by atoms with Crippen molar-refractivity contribution >= 4 is 17.5 Å². The number of carbonyl (C=O) groups excluding carboxylic acids is 2. The number of nitrogens with one attached hydrogen (secondary N) is 1. The van der Waals surface area contributed by atoms with Gasteiger partial charge in [-0.15, -0.1) is 0 Å². The third kappa shape index (κ3) is 3.81. The van der Waals surface area contributed by atoms with Crippen molar-refractivity contribution in [1.29, 1.82) is 0 Å². The Labute approximate surface area is 118 Å². The highest BCUT2D eigenvalue weighted by Gasteiger charge is 2.30. The van der Waals surface area contributed by atoms with Crippen LogP contribution < -0.4 is 10.2 Å². The van der Waals surface area contributed by atoms with Gasteiger partial charge in [-0.1, -0.05) is 18.2 Å². The lowest BCUT2D eigenvalue weighted by Gasteiger charge is -2.16. The van der Waals surface area contributed by atoms with Crippen molar-refractivity contribution in [3.05, 3.63) is 30.3 Å². The molecule has 5 nitrogen and oxygen atoms in total. The summed E-state index contributed by atoms with van der Waals surface area (Å²) >= 11 is 0. The fourth-order valence-corrected chi connectivity index (χ4v) is 2.28. The van der Waals surface area contributed by atoms with E-state index in [0.717, 1.165) is 5.69 Å². The van der Waals surface area contributed by atoms with E-state index in [1.54, 1.807) is 4.90 Å². The fourth-order valence-electron chi connectivity index (χ4n) is 2.28. The highest BCUT2D eigenvalue weighted by molar-refractivity contribution is 5.95. The Hall–Kier alpha value is -1.88. The van der Waals surface area contributed by atoms with Crippen molar-refractivity contribution in [3.8, 4) is 0 Å². The number of amides is 2. The maximum Gasteiger partial charge on any atom is 0.246 e. The Kier molecular flexibility index (Phi) is 5.12. The molecule has 1 aromatic carbocycles. The van der Waals surface area contributed by atoms with Gasteiger partial charge in [0, 0.05) is 37.7 Å². The number of anilines is 1. The van der Waals surface area contributed by atoms with Gasteiger partial charge in [0.25, 0.3) is 0 Å². The molecule has 1 heterocycles. The molecule has 20 heavy (non-hydrogen) atoms. The molecule has 2 rings (SSSR count). The molecule has 1 N–H and O–H groups in total. The van der Waals surface area contributed by atoms with Gasteiger partial charge in [-0.05, 0) is 19.1 Å². The highest BCUT2D eigenvalue weighted by atomic mass is 16.5. The van der Waals surface area contributed by atoms with Crippen molar-refractivity contribution in [2.45, 2.75) is 13.3 Å². The lowest BCUT2D eigenvalue weighted by Crippen LogP contribution is -2.33. The van der Waals surface area contributed by atoms with Crippen LogP contribution >= 0.6 is 0 Å². The van der Waals surface area contributed by atoms with Crippen LogP contribution in [0.2, 0.25) is 0 Å². The van der Waals surface area contributed by atoms with Gasteiger partial charge >= 0.3 is 0 Å². The van der Waals surface area contributed by atoms with Crippen molar-refractivity contribution in [3.63, 3.8) is 0 Å². The van der Waals surface area contributed by atoms with Crippen LogP contribution in [0.25, 0.3) is 0 Å². The van der Waals surface area contributed by atoms with Crippen LogP contribution in [0.3, 0.4) is 0 Å². The highest BCUT2D eigenvalue weighted by Crippen LogP contribution is 2.24. The first-order valence-electron chi connectivity index (χ1n) is 6.90. The lowest BCUT2D eigenvalue weighted by atomic mass is 10.1. The van der Waals surface area contributed by atoms with Gasteiger partial charge in [-0.25, -0.2) is 0 Å². The van der Waals surface area contributed by atoms with Gasteiger partial charge in [-0.2, -0.15) is 0 Å². The largest absolute Gasteiger partial charge is 0.372 e. The molecular formula is C15H20N2O3. The van der Waals surface area contributed by atoms with Crippen LogP contribution in [0.15, 0.2) is 30.3 Å². The minimum Gasteiger partial charge on any atom is -0.372 e. The van der Waals surface area contributed by atoms with E-state index in [1.165, 1.54) is 0 Å². The van der Waals surface area contributed by atoms with Crippen LogP contribution in [0, 0.1) is 5.92 Å². The summed E-state index contributed by atoms with van der Waals surface area (Å²) in [6.07, 6.45) is 0.476. The average molecular weight is 276 g/mol. The van der Waals surface area contributed by atoms with Crippen LogP contribution in [0.5, 0.6) is 0 Å². The van der Waals surface area contributed by atoms with Gasteiger partial charge in [0.2, 0.25) is 11.8 Å². The van der Waals surface area contributed by atoms with E-state index in [-0.39, 0.29) is 24.3 Å². The summed E-state index contributed by atoms with van der Waals surface area (Å²) in [5, 5.41) is 2.81. The quantitative estimate of drug-likeness (QED) is 0.849. The third-order valence-corrected chi connectivity index (χ3v) is 3.30. The zero-order chi connectivity index (χ0) is 14.4. The molecule has 0 unspecified atom stereocenters. The topological polar surface area (TPSA) is 58.6 Å². The number of rotatable bonds is 6. The van der Waals surface area contributed by atoms with E-state index >= 15 is 0 Å². The van der Waals surface area contributed by atoms with E-state index in [4.69, 9.17) is 4.74 Å². The molecule has 1 atom stereocenters. The van der Waals surface area contributed by atoms with Gasteiger partial charge in [0.1, 0.15) is 6.61 Å². The van der Waals surface area contributed by atoms with E-state index in [0.29, 0.717) is 26.1 Å². The molecule has 108 valence electrons. The summed E-state index contributed by atoms with van der Waals surface area (Å²) in [4.78, 5) is 25.2. The van der Waals surface area contributed by atoms with Gasteiger partial charge in [0.15, 0.2) is 0 Å². The number of benzene rings is 1. The molecule has 1 aliphatic heterocycles. The van der Waals surface area contributed by atoms with Crippen LogP contribution in [-0.2, 0) is 14.3 Å². The molecule has 0 saturated carbocycles. The predicted octanol–water partition coefficient (Wildman–Crippen LogP) is 1.19. The molecule has 1 aliphatic rings. The maximum absolute atomic E-state index is 12.0. The molecule has 0 spiro atoms. The van der Waals surface area contributed by atoms with Crippen molar-refractivity contribution in [2.75, 3.05) is 31.2 Å². The van der Waals surface area contributed by atoms with Gasteiger partial charge in [0.05, 0.1) is 0 Å². The summed E-state index contributed by atoms with van der Waals surface area (Å²) in [6, 6.07) is 9.61. The fraction of sp³-hybridized carbons (Fsp3) is 0.467. The maximum atomic E-state index is 12.0. The number of para-hydroxylation sites is 1. The van der Waals surface area contributed by atoms with E-state index in [9.17, 15) is 9.59 Å². The molecule has 0 bridgehead atoms. The number of hydrogen-bond donors (Lipinski definition) is 1. The van der Waals surface area contributed by atoms with Crippen molar-refractivity contribution < 1.29 is 14.3 Å². The summed E-state index contributed by atoms with van der Waals surface area (Å²) in [6.45, 7) is 3.62. The molecule has 1 saturated heterocycles. The Balaban J connectivity index is 1.82. The molecule has 5 heteroatoms. The Bertz CT molecular complexity index is 461. The smallest absolute Gasteiger partial charge is 0.246 e. The standard InChI is InChI=1S/C15H20N2O3/c1-2-20-11-14(18)16-9-12-8-15(19)17(10-12)13-6-4-3-5-7-13/h3-7,12H,2,8-11H2,1H3,(H,16,18)/t12-/m0/s1. The molecule has 1 fully saturated rings. The number of carbonyl (C=O) groups is 2. The Morgan fingerprint density at radius 3 is 2.85 bits per heavy atom. The van der Waals surface area contributed by atoms with Crippen molar-refractivity contribution in [1.82, 2.24) is 5.32 Å². The lowest BCUT2D eigenvalue weighted by molar-refractivity contribution is -0.125.